The number of urea groups is 1. The number of anilines is 1. The summed E-state index contributed by atoms with van der Waals surface area (Å²) in [6.07, 6.45) is 0.132. The first kappa shape index (κ1) is 87.8. The third-order valence-corrected chi connectivity index (χ3v) is 19.8. The van der Waals surface area contributed by atoms with Gasteiger partial charge in [0.2, 0.25) is 88.0 Å². The lowest BCUT2D eigenvalue weighted by atomic mass is 9.89. The maximum absolute atomic E-state index is 14.7. The standard InChI is InChI=1S/C75H109F5N12O14/c1-15-44(8)65(90(12)73(101)63(42(4)5)88-72(100)64(43(6)7)89(10)11)53(104-13)39-56(95)92-35-21-25-52(92)66(105-14)45(9)68(96)86-51(38-46-22-17-16-18-23-46)69(97)83-40-47-26-28-49(29-27-47)84-70(98)50(24-19-20-34-82-75(81)103)85-71(99)62(41(2)3)87-54(93)30-31-55(94)91-36-32-48(33-37-91)74(102)106-67-60(79)58(77)57(76)59(78)61(67)80/h16-18,22-23,26-29,41-45,48,50-53,62-66H,15,19-21,24-25,30-40H2,1-14H3,(H,83,97)(H,84,98)(H,85,99)(H,86,96)(H,87,93)(H,88,100)(H3,81,82,103)/t44-,45+,50-,51-,52-,53+,62-,63-,64-,65-,66+/m0/s1. The number of piperidine rings is 1. The summed E-state index contributed by atoms with van der Waals surface area (Å²) in [6, 6.07) is 8.99. The van der Waals surface area contributed by atoms with Crippen LogP contribution in [-0.4, -0.2) is 201 Å². The highest BCUT2D eigenvalue weighted by molar-refractivity contribution is 5.99. The van der Waals surface area contributed by atoms with Crippen LogP contribution in [-0.2, 0) is 70.4 Å². The number of carbonyl (C=O) groups excluding carboxylic acids is 11. The van der Waals surface area contributed by atoms with Gasteiger partial charge in [0.25, 0.3) is 0 Å². The van der Waals surface area contributed by atoms with Crippen molar-refractivity contribution in [3.05, 3.63) is 94.8 Å². The van der Waals surface area contributed by atoms with Crippen molar-refractivity contribution in [1.29, 1.82) is 0 Å². The highest BCUT2D eigenvalue weighted by atomic mass is 19.2. The molecule has 2 fully saturated rings. The second kappa shape index (κ2) is 41.9. The molecule has 2 aliphatic rings. The Bertz CT molecular complexity index is 3460. The summed E-state index contributed by atoms with van der Waals surface area (Å²) in [5, 5.41) is 19.6. The summed E-state index contributed by atoms with van der Waals surface area (Å²) in [6.45, 7) is 17.0. The number of methoxy groups -OCH3 is 2. The average molecular weight is 1500 g/mol. The number of amides is 11. The number of halogens is 5. The fourth-order valence-corrected chi connectivity index (χ4v) is 13.6. The Balaban J connectivity index is 1.20. The van der Waals surface area contributed by atoms with E-state index in [0.29, 0.717) is 49.9 Å². The minimum atomic E-state index is -2.42. The van der Waals surface area contributed by atoms with E-state index in [4.69, 9.17) is 15.2 Å². The minimum absolute atomic E-state index is 0.00552. The fourth-order valence-electron chi connectivity index (χ4n) is 13.6. The summed E-state index contributed by atoms with van der Waals surface area (Å²) in [5.41, 5.74) is 6.91. The van der Waals surface area contributed by atoms with E-state index in [1.807, 2.05) is 90.9 Å². The number of primary amides is 1. The third-order valence-electron chi connectivity index (χ3n) is 19.8. The van der Waals surface area contributed by atoms with Crippen LogP contribution >= 0.6 is 0 Å². The molecule has 106 heavy (non-hydrogen) atoms. The van der Waals surface area contributed by atoms with E-state index >= 15 is 0 Å². The van der Waals surface area contributed by atoms with Crippen molar-refractivity contribution in [2.75, 3.05) is 66.9 Å². The number of nitrogens with zero attached hydrogens (tertiary/aromatic N) is 4. The normalized spacial score (nSPS) is 16.9. The zero-order chi connectivity index (χ0) is 79.0. The number of nitrogens with one attached hydrogen (secondary N) is 7. The van der Waals surface area contributed by atoms with Gasteiger partial charge in [-0.05, 0) is 106 Å². The molecule has 0 bridgehead atoms. The second-order valence-corrected chi connectivity index (χ2v) is 28.7. The van der Waals surface area contributed by atoms with Gasteiger partial charge in [0.1, 0.15) is 24.2 Å². The van der Waals surface area contributed by atoms with Crippen LogP contribution < -0.4 is 47.7 Å². The molecular weight excluding hydrogens is 1390 g/mol. The molecule has 588 valence electrons. The van der Waals surface area contributed by atoms with Crippen LogP contribution in [0.1, 0.15) is 144 Å². The number of benzene rings is 3. The van der Waals surface area contributed by atoms with Gasteiger partial charge in [-0.2, -0.15) is 8.78 Å². The smallest absolute Gasteiger partial charge is 0.314 e. The second-order valence-electron chi connectivity index (χ2n) is 28.7. The SMILES string of the molecule is CC[C@H](C)[C@@H]([C@@H](CC(=O)N1CCC[C@H]1[C@H](OC)[C@@H](C)C(=O)N[C@@H](Cc1ccccc1)C(=O)NCc1ccc(NC(=O)[C@H](CCCCNC(N)=O)NC(=O)[C@@H](NC(=O)CCC(=O)N2CCC(C(=O)Oc3c(F)c(F)c(F)c(F)c3F)CC2)C(C)C)cc1)OC)N(C)C(=O)[C@@H](NC(=O)[C@H](C(C)C)N(C)C)C(C)C. The molecule has 5 rings (SSSR count). The number of rotatable bonds is 39. The molecule has 2 aliphatic heterocycles. The van der Waals surface area contributed by atoms with Crippen molar-refractivity contribution in [2.24, 2.45) is 41.2 Å². The van der Waals surface area contributed by atoms with Crippen LogP contribution in [0.5, 0.6) is 5.75 Å². The Morgan fingerprint density at radius 1 is 0.613 bits per heavy atom. The third kappa shape index (κ3) is 24.6. The van der Waals surface area contributed by atoms with Crippen LogP contribution in [0.25, 0.3) is 0 Å². The zero-order valence-corrected chi connectivity index (χ0v) is 63.3. The summed E-state index contributed by atoms with van der Waals surface area (Å²) < 4.78 is 86.0. The van der Waals surface area contributed by atoms with Crippen LogP contribution in [0.15, 0.2) is 54.6 Å². The molecular formula is C75H109F5N12O14. The molecule has 9 N–H and O–H groups in total. The Labute approximate surface area is 618 Å². The van der Waals surface area contributed by atoms with Crippen molar-refractivity contribution in [1.82, 2.24) is 51.5 Å². The van der Waals surface area contributed by atoms with Gasteiger partial charge in [0.15, 0.2) is 0 Å². The zero-order valence-electron chi connectivity index (χ0n) is 63.3. The number of carbonyl (C=O) groups is 11. The van der Waals surface area contributed by atoms with Gasteiger partial charge in [0.05, 0.1) is 48.6 Å². The molecule has 26 nitrogen and oxygen atoms in total. The van der Waals surface area contributed by atoms with E-state index in [1.165, 1.54) is 19.1 Å². The minimum Gasteiger partial charge on any atom is -0.420 e. The van der Waals surface area contributed by atoms with E-state index in [-0.39, 0.29) is 107 Å². The first-order valence-corrected chi connectivity index (χ1v) is 36.3. The Morgan fingerprint density at radius 2 is 1.22 bits per heavy atom. The predicted octanol–water partition coefficient (Wildman–Crippen LogP) is 6.40. The molecule has 2 saturated heterocycles. The molecule has 3 aromatic carbocycles. The summed E-state index contributed by atoms with van der Waals surface area (Å²) in [4.78, 5) is 157. The number of esters is 1. The molecule has 0 unspecified atom stereocenters. The van der Waals surface area contributed by atoms with Gasteiger partial charge in [0, 0.05) is 78.9 Å². The molecule has 0 aromatic heterocycles. The maximum atomic E-state index is 14.7. The molecule has 0 aliphatic carbocycles. The number of likely N-dealkylation sites (N-methyl/N-ethyl adjacent to an activating group) is 2. The number of nitrogens with two attached hydrogens (primary N) is 1. The molecule has 3 aromatic rings. The summed E-state index contributed by atoms with van der Waals surface area (Å²) in [5.74, 6) is -21.9. The Morgan fingerprint density at radius 3 is 1.77 bits per heavy atom. The number of hydrogen-bond acceptors (Lipinski definition) is 15. The molecule has 0 saturated carbocycles. The number of hydrogen-bond donors (Lipinski definition) is 8. The van der Waals surface area contributed by atoms with Gasteiger partial charge in [-0.1, -0.05) is 111 Å². The van der Waals surface area contributed by atoms with E-state index in [9.17, 15) is 74.7 Å². The number of unbranched alkanes of at least 4 members (excludes halogenated alkanes) is 1. The van der Waals surface area contributed by atoms with Gasteiger partial charge < -0.3 is 71.9 Å². The highest BCUT2D eigenvalue weighted by Gasteiger charge is 2.44. The van der Waals surface area contributed by atoms with E-state index in [0.717, 1.165) is 5.56 Å². The van der Waals surface area contributed by atoms with Crippen LogP contribution in [0.2, 0.25) is 0 Å². The predicted molar refractivity (Wildman–Crippen MR) is 385 cm³/mol. The lowest BCUT2D eigenvalue weighted by Gasteiger charge is -2.41. The maximum Gasteiger partial charge on any atom is 0.314 e. The molecule has 2 heterocycles. The van der Waals surface area contributed by atoms with Gasteiger partial charge in [-0.25, -0.2) is 18.0 Å². The lowest BCUT2D eigenvalue weighted by Crippen LogP contribution is -2.59. The Kier molecular flexibility index (Phi) is 34.7. The average Bonchev–Trinajstić information content (AvgIpc) is 0.945. The molecule has 31 heteroatoms. The molecule has 11 atom stereocenters. The van der Waals surface area contributed by atoms with Gasteiger partial charge >= 0.3 is 12.0 Å². The van der Waals surface area contributed by atoms with E-state index in [2.05, 4.69) is 42.0 Å². The van der Waals surface area contributed by atoms with Gasteiger partial charge in [-0.15, -0.1) is 0 Å². The lowest BCUT2D eigenvalue weighted by molar-refractivity contribution is -0.148. The van der Waals surface area contributed by atoms with Gasteiger partial charge in [-0.3, -0.25) is 52.8 Å². The van der Waals surface area contributed by atoms with Crippen molar-refractivity contribution in [2.45, 2.75) is 200 Å². The van der Waals surface area contributed by atoms with Crippen LogP contribution in [0.3, 0.4) is 0 Å². The quantitative estimate of drug-likeness (QED) is 0.00765. The highest BCUT2D eigenvalue weighted by Crippen LogP contribution is 2.33. The first-order chi connectivity index (χ1) is 50.1. The molecule has 0 radical (unpaired) electrons. The first-order valence-electron chi connectivity index (χ1n) is 36.3. The monoisotopic (exact) mass is 1500 g/mol. The van der Waals surface area contributed by atoms with E-state index < -0.39 is 155 Å². The fraction of sp³-hybridized carbons (Fsp3) is 0.613. The van der Waals surface area contributed by atoms with Crippen molar-refractivity contribution in [3.8, 4) is 5.75 Å². The van der Waals surface area contributed by atoms with E-state index in [1.54, 1.807) is 61.9 Å². The van der Waals surface area contributed by atoms with Crippen molar-refractivity contribution >= 4 is 70.9 Å². The van der Waals surface area contributed by atoms with Crippen molar-refractivity contribution in [3.63, 3.8) is 0 Å². The topological polar surface area (TPSA) is 339 Å². The largest absolute Gasteiger partial charge is 0.420 e. The summed E-state index contributed by atoms with van der Waals surface area (Å²) >= 11 is 0. The number of ether oxygens (including phenoxy) is 3. The summed E-state index contributed by atoms with van der Waals surface area (Å²) in [7, 11) is 8.32. The molecule has 0 spiro atoms. The van der Waals surface area contributed by atoms with Crippen LogP contribution in [0, 0.1) is 64.6 Å². The number of likely N-dealkylation sites (tertiary alicyclic amines) is 2. The Hall–Kier alpha value is -8.84. The molecule has 11 amide bonds. The van der Waals surface area contributed by atoms with Crippen molar-refractivity contribution < 1.29 is 88.9 Å². The van der Waals surface area contributed by atoms with Crippen LogP contribution in [0.4, 0.5) is 32.4 Å².